The van der Waals surface area contributed by atoms with Crippen LogP contribution in [0.4, 0.5) is 11.4 Å². The maximum Gasteiger partial charge on any atom is 0.293 e. The van der Waals surface area contributed by atoms with Crippen molar-refractivity contribution in [3.05, 3.63) is 33.9 Å². The van der Waals surface area contributed by atoms with Crippen LogP contribution in [0.25, 0.3) is 0 Å². The first-order valence-electron chi connectivity index (χ1n) is 6.41. The monoisotopic (exact) mass is 278 g/mol. The van der Waals surface area contributed by atoms with Crippen LogP contribution in [0, 0.1) is 22.0 Å². The molecule has 20 heavy (non-hydrogen) atoms. The number of hydrogen-bond acceptors (Lipinski definition) is 5. The normalized spacial score (nSPS) is 21.6. The molecule has 0 aromatic heterocycles. The SMILES string of the molecule is CC1CC1CN(C)c1ccc(C(N)=NO)cc1[N+](=O)[O-]. The molecule has 0 spiro atoms. The number of oxime groups is 1. The highest BCUT2D eigenvalue weighted by atomic mass is 16.6. The van der Waals surface area contributed by atoms with Gasteiger partial charge in [-0.3, -0.25) is 10.1 Å². The molecule has 7 heteroatoms. The summed E-state index contributed by atoms with van der Waals surface area (Å²) in [4.78, 5) is 12.6. The molecule has 0 aliphatic heterocycles. The van der Waals surface area contributed by atoms with Crippen molar-refractivity contribution >= 4 is 17.2 Å². The number of anilines is 1. The molecule has 7 nitrogen and oxygen atoms in total. The Balaban J connectivity index is 2.29. The zero-order valence-corrected chi connectivity index (χ0v) is 11.5. The van der Waals surface area contributed by atoms with Crippen LogP contribution in [-0.2, 0) is 0 Å². The van der Waals surface area contributed by atoms with Crippen molar-refractivity contribution in [3.8, 4) is 0 Å². The Kier molecular flexibility index (Phi) is 3.78. The molecule has 0 saturated heterocycles. The molecular weight excluding hydrogens is 260 g/mol. The standard InChI is InChI=1S/C13H18N4O3/c1-8-5-10(8)7-16(2)11-4-3-9(13(14)15-18)6-12(11)17(19)20/h3-4,6,8,10,18H,5,7H2,1-2H3,(H2,14,15). The van der Waals surface area contributed by atoms with E-state index in [9.17, 15) is 10.1 Å². The van der Waals surface area contributed by atoms with Gasteiger partial charge in [-0.1, -0.05) is 12.1 Å². The second-order valence-corrected chi connectivity index (χ2v) is 5.30. The van der Waals surface area contributed by atoms with Crippen molar-refractivity contribution in [2.24, 2.45) is 22.7 Å². The summed E-state index contributed by atoms with van der Waals surface area (Å²) in [7, 11) is 1.84. The van der Waals surface area contributed by atoms with Gasteiger partial charge in [-0.15, -0.1) is 0 Å². The highest BCUT2D eigenvalue weighted by Gasteiger charge is 2.34. The molecule has 2 rings (SSSR count). The zero-order chi connectivity index (χ0) is 14.9. The van der Waals surface area contributed by atoms with Gasteiger partial charge in [0.25, 0.3) is 5.69 Å². The molecule has 108 valence electrons. The molecule has 0 radical (unpaired) electrons. The molecule has 0 amide bonds. The third-order valence-corrected chi connectivity index (χ3v) is 3.77. The molecule has 1 aromatic carbocycles. The number of benzene rings is 1. The summed E-state index contributed by atoms with van der Waals surface area (Å²) in [6.45, 7) is 2.97. The fourth-order valence-electron chi connectivity index (χ4n) is 2.31. The van der Waals surface area contributed by atoms with Crippen LogP contribution in [-0.4, -0.2) is 29.6 Å². The lowest BCUT2D eigenvalue weighted by Crippen LogP contribution is -2.22. The molecular formula is C13H18N4O3. The van der Waals surface area contributed by atoms with Crippen LogP contribution in [0.1, 0.15) is 18.9 Å². The van der Waals surface area contributed by atoms with E-state index in [2.05, 4.69) is 12.1 Å². The minimum Gasteiger partial charge on any atom is -0.409 e. The quantitative estimate of drug-likeness (QED) is 0.281. The summed E-state index contributed by atoms with van der Waals surface area (Å²) in [5, 5.41) is 22.7. The number of amidine groups is 1. The lowest BCUT2D eigenvalue weighted by atomic mass is 10.1. The minimum atomic E-state index is -0.448. The van der Waals surface area contributed by atoms with E-state index in [1.54, 1.807) is 12.1 Å². The number of nitrogens with zero attached hydrogens (tertiary/aromatic N) is 3. The molecule has 1 saturated carbocycles. The number of rotatable bonds is 5. The second-order valence-electron chi connectivity index (χ2n) is 5.30. The Morgan fingerprint density at radius 3 is 2.80 bits per heavy atom. The molecule has 1 fully saturated rings. The minimum absolute atomic E-state index is 0.0371. The van der Waals surface area contributed by atoms with Crippen LogP contribution in [0.15, 0.2) is 23.4 Å². The molecule has 3 N–H and O–H groups in total. The average Bonchev–Trinajstić information content (AvgIpc) is 3.12. The van der Waals surface area contributed by atoms with E-state index in [1.165, 1.54) is 12.5 Å². The van der Waals surface area contributed by atoms with E-state index in [-0.39, 0.29) is 11.5 Å². The van der Waals surface area contributed by atoms with Crippen LogP contribution >= 0.6 is 0 Å². The highest BCUT2D eigenvalue weighted by Crippen LogP contribution is 2.39. The number of hydrogen-bond donors (Lipinski definition) is 2. The maximum absolute atomic E-state index is 11.2. The largest absolute Gasteiger partial charge is 0.409 e. The second kappa shape index (κ2) is 5.36. The van der Waals surface area contributed by atoms with Gasteiger partial charge in [-0.25, -0.2) is 0 Å². The van der Waals surface area contributed by atoms with Gasteiger partial charge in [-0.2, -0.15) is 0 Å². The van der Waals surface area contributed by atoms with E-state index in [0.29, 0.717) is 23.1 Å². The summed E-state index contributed by atoms with van der Waals surface area (Å²) in [5.74, 6) is 1.15. The first-order chi connectivity index (χ1) is 9.43. The summed E-state index contributed by atoms with van der Waals surface area (Å²) in [6, 6.07) is 4.58. The van der Waals surface area contributed by atoms with Crippen molar-refractivity contribution in [3.63, 3.8) is 0 Å². The van der Waals surface area contributed by atoms with Gasteiger partial charge in [0, 0.05) is 25.2 Å². The van der Waals surface area contributed by atoms with Gasteiger partial charge in [-0.05, 0) is 30.4 Å². The zero-order valence-electron chi connectivity index (χ0n) is 11.5. The molecule has 1 aliphatic carbocycles. The smallest absolute Gasteiger partial charge is 0.293 e. The van der Waals surface area contributed by atoms with E-state index in [1.807, 2.05) is 11.9 Å². The van der Waals surface area contributed by atoms with E-state index >= 15 is 0 Å². The first kappa shape index (κ1) is 14.1. The predicted octanol–water partition coefficient (Wildman–Crippen LogP) is 1.78. The van der Waals surface area contributed by atoms with Crippen molar-refractivity contribution < 1.29 is 10.1 Å². The molecule has 0 heterocycles. The van der Waals surface area contributed by atoms with Crippen molar-refractivity contribution in [2.45, 2.75) is 13.3 Å². The summed E-state index contributed by atoms with van der Waals surface area (Å²) in [5.41, 5.74) is 6.30. The Labute approximate surface area is 116 Å². The first-order valence-corrected chi connectivity index (χ1v) is 6.41. The van der Waals surface area contributed by atoms with Gasteiger partial charge < -0.3 is 15.8 Å². The van der Waals surface area contributed by atoms with Gasteiger partial charge in [0.2, 0.25) is 0 Å². The third kappa shape index (κ3) is 2.81. The van der Waals surface area contributed by atoms with E-state index in [0.717, 1.165) is 6.54 Å². The Bertz CT molecular complexity index is 559. The Hall–Kier alpha value is -2.31. The summed E-state index contributed by atoms with van der Waals surface area (Å²) >= 11 is 0. The van der Waals surface area contributed by atoms with Gasteiger partial charge >= 0.3 is 0 Å². The molecule has 1 aliphatic rings. The fraction of sp³-hybridized carbons (Fsp3) is 0.462. The van der Waals surface area contributed by atoms with Crippen LogP contribution in [0.2, 0.25) is 0 Å². The summed E-state index contributed by atoms with van der Waals surface area (Å²) < 4.78 is 0. The Morgan fingerprint density at radius 2 is 2.30 bits per heavy atom. The van der Waals surface area contributed by atoms with Crippen molar-refractivity contribution in [1.82, 2.24) is 0 Å². The Morgan fingerprint density at radius 1 is 1.65 bits per heavy atom. The van der Waals surface area contributed by atoms with E-state index < -0.39 is 4.92 Å². The summed E-state index contributed by atoms with van der Waals surface area (Å²) in [6.07, 6.45) is 1.17. The highest BCUT2D eigenvalue weighted by molar-refractivity contribution is 5.98. The van der Waals surface area contributed by atoms with Gasteiger partial charge in [0.15, 0.2) is 5.84 Å². The number of nitrogens with two attached hydrogens (primary N) is 1. The maximum atomic E-state index is 11.2. The average molecular weight is 278 g/mol. The topological polar surface area (TPSA) is 105 Å². The predicted molar refractivity (Wildman–Crippen MR) is 76.1 cm³/mol. The van der Waals surface area contributed by atoms with Gasteiger partial charge in [0.1, 0.15) is 5.69 Å². The lowest BCUT2D eigenvalue weighted by molar-refractivity contribution is -0.384. The molecule has 1 aromatic rings. The number of nitro groups is 1. The van der Waals surface area contributed by atoms with Crippen LogP contribution < -0.4 is 10.6 Å². The third-order valence-electron chi connectivity index (χ3n) is 3.77. The van der Waals surface area contributed by atoms with Crippen molar-refractivity contribution in [2.75, 3.05) is 18.5 Å². The van der Waals surface area contributed by atoms with Crippen LogP contribution in [0.3, 0.4) is 0 Å². The van der Waals surface area contributed by atoms with Crippen LogP contribution in [0.5, 0.6) is 0 Å². The lowest BCUT2D eigenvalue weighted by Gasteiger charge is -2.19. The van der Waals surface area contributed by atoms with Gasteiger partial charge in [0.05, 0.1) is 4.92 Å². The molecule has 0 bridgehead atoms. The van der Waals surface area contributed by atoms with Crippen molar-refractivity contribution in [1.29, 1.82) is 0 Å². The fourth-order valence-corrected chi connectivity index (χ4v) is 2.31. The number of nitro benzene ring substituents is 1. The molecule has 2 unspecified atom stereocenters. The molecule has 2 atom stereocenters. The van der Waals surface area contributed by atoms with E-state index in [4.69, 9.17) is 10.9 Å².